The number of halogens is 2. The second kappa shape index (κ2) is 7.90. The fourth-order valence-electron chi connectivity index (χ4n) is 2.26. The van der Waals surface area contributed by atoms with E-state index in [0.29, 0.717) is 23.9 Å². The Morgan fingerprint density at radius 2 is 1.88 bits per heavy atom. The van der Waals surface area contributed by atoms with E-state index in [1.807, 2.05) is 0 Å². The Hall–Kier alpha value is -2.73. The Morgan fingerprint density at radius 3 is 2.64 bits per heavy atom. The minimum absolute atomic E-state index is 0.115. The van der Waals surface area contributed by atoms with Crippen molar-refractivity contribution in [1.29, 1.82) is 0 Å². The van der Waals surface area contributed by atoms with Crippen molar-refractivity contribution >= 4 is 17.5 Å². The molecule has 1 heterocycles. The van der Waals surface area contributed by atoms with E-state index in [1.165, 1.54) is 6.07 Å². The maximum atomic E-state index is 13.7. The summed E-state index contributed by atoms with van der Waals surface area (Å²) in [5.74, 6) is -0.0734. The highest BCUT2D eigenvalue weighted by atomic mass is 35.5. The summed E-state index contributed by atoms with van der Waals surface area (Å²) in [6.45, 7) is 0.353. The molecule has 5 nitrogen and oxygen atoms in total. The zero-order valence-electron chi connectivity index (χ0n) is 13.2. The molecule has 3 aromatic rings. The van der Waals surface area contributed by atoms with Crippen molar-refractivity contribution in [3.05, 3.63) is 70.8 Å². The SMILES string of the molecule is O=C(Cc1ccc(Cl)cc1)NCCc1nnc(-c2ccccc2F)o1. The standard InChI is InChI=1S/C18H15ClFN3O2/c19-13-7-5-12(6-8-13)11-16(24)21-10-9-17-22-23-18(25-17)14-3-1-2-4-15(14)20/h1-8H,9-11H2,(H,21,24). The molecule has 1 amide bonds. The minimum atomic E-state index is -0.422. The van der Waals surface area contributed by atoms with E-state index < -0.39 is 5.82 Å². The van der Waals surface area contributed by atoms with E-state index in [4.69, 9.17) is 16.0 Å². The third-order valence-electron chi connectivity index (χ3n) is 3.51. The summed E-state index contributed by atoms with van der Waals surface area (Å²) in [7, 11) is 0. The number of amides is 1. The lowest BCUT2D eigenvalue weighted by atomic mass is 10.1. The second-order valence-corrected chi connectivity index (χ2v) is 5.82. The molecule has 0 spiro atoms. The van der Waals surface area contributed by atoms with Crippen LogP contribution in [-0.2, 0) is 17.6 Å². The zero-order chi connectivity index (χ0) is 17.6. The van der Waals surface area contributed by atoms with Crippen LogP contribution >= 0.6 is 11.6 Å². The molecule has 7 heteroatoms. The highest BCUT2D eigenvalue weighted by molar-refractivity contribution is 6.30. The number of aromatic nitrogens is 2. The average Bonchev–Trinajstić information content (AvgIpc) is 3.06. The molecule has 0 aliphatic rings. The van der Waals surface area contributed by atoms with Crippen molar-refractivity contribution in [3.63, 3.8) is 0 Å². The Balaban J connectivity index is 1.50. The molecule has 1 aromatic heterocycles. The fraction of sp³-hybridized carbons (Fsp3) is 0.167. The van der Waals surface area contributed by atoms with Gasteiger partial charge in [0.1, 0.15) is 5.82 Å². The zero-order valence-corrected chi connectivity index (χ0v) is 14.0. The third-order valence-corrected chi connectivity index (χ3v) is 3.76. The van der Waals surface area contributed by atoms with Gasteiger partial charge in [-0.25, -0.2) is 4.39 Å². The van der Waals surface area contributed by atoms with Crippen molar-refractivity contribution in [2.75, 3.05) is 6.54 Å². The highest BCUT2D eigenvalue weighted by Crippen LogP contribution is 2.20. The molecule has 3 rings (SSSR count). The molecule has 128 valence electrons. The summed E-state index contributed by atoms with van der Waals surface area (Å²) in [5.41, 5.74) is 1.13. The molecule has 25 heavy (non-hydrogen) atoms. The van der Waals surface area contributed by atoms with Gasteiger partial charge in [0.15, 0.2) is 0 Å². The molecule has 0 saturated heterocycles. The maximum absolute atomic E-state index is 13.7. The smallest absolute Gasteiger partial charge is 0.250 e. The molecule has 0 aliphatic carbocycles. The van der Waals surface area contributed by atoms with E-state index in [-0.39, 0.29) is 23.8 Å². The van der Waals surface area contributed by atoms with Crippen LogP contribution in [0, 0.1) is 5.82 Å². The minimum Gasteiger partial charge on any atom is -0.421 e. The van der Waals surface area contributed by atoms with Gasteiger partial charge in [0.05, 0.1) is 12.0 Å². The van der Waals surface area contributed by atoms with Crippen LogP contribution in [0.2, 0.25) is 5.02 Å². The molecule has 0 radical (unpaired) electrons. The van der Waals surface area contributed by atoms with E-state index in [2.05, 4.69) is 15.5 Å². The van der Waals surface area contributed by atoms with Gasteiger partial charge in [-0.05, 0) is 29.8 Å². The molecular formula is C18H15ClFN3O2. The van der Waals surface area contributed by atoms with Gasteiger partial charge in [-0.2, -0.15) is 0 Å². The van der Waals surface area contributed by atoms with Crippen LogP contribution in [0.5, 0.6) is 0 Å². The van der Waals surface area contributed by atoms with Crippen LogP contribution in [0.25, 0.3) is 11.5 Å². The number of nitrogens with one attached hydrogen (secondary N) is 1. The van der Waals surface area contributed by atoms with Crippen molar-refractivity contribution in [3.8, 4) is 11.5 Å². The number of rotatable bonds is 6. The summed E-state index contributed by atoms with van der Waals surface area (Å²) < 4.78 is 19.1. The van der Waals surface area contributed by atoms with E-state index in [9.17, 15) is 9.18 Å². The van der Waals surface area contributed by atoms with Crippen LogP contribution < -0.4 is 5.32 Å². The number of hydrogen-bond acceptors (Lipinski definition) is 4. The third kappa shape index (κ3) is 4.64. The molecule has 2 aromatic carbocycles. The molecular weight excluding hydrogens is 345 g/mol. The first-order valence-corrected chi connectivity index (χ1v) is 8.08. The van der Waals surface area contributed by atoms with Crippen LogP contribution in [0.15, 0.2) is 52.9 Å². The summed E-state index contributed by atoms with van der Waals surface area (Å²) >= 11 is 5.81. The number of nitrogens with zero attached hydrogens (tertiary/aromatic N) is 2. The van der Waals surface area contributed by atoms with E-state index in [1.54, 1.807) is 42.5 Å². The predicted molar refractivity (Wildman–Crippen MR) is 91.6 cm³/mol. The lowest BCUT2D eigenvalue weighted by Crippen LogP contribution is -2.27. The Kier molecular flexibility index (Phi) is 5.40. The lowest BCUT2D eigenvalue weighted by Gasteiger charge is -2.04. The van der Waals surface area contributed by atoms with Gasteiger partial charge >= 0.3 is 0 Å². The van der Waals surface area contributed by atoms with Gasteiger partial charge in [-0.1, -0.05) is 35.9 Å². The van der Waals surface area contributed by atoms with Crippen molar-refractivity contribution in [2.45, 2.75) is 12.8 Å². The van der Waals surface area contributed by atoms with Gasteiger partial charge in [-0.3, -0.25) is 4.79 Å². The summed E-state index contributed by atoms with van der Waals surface area (Å²) in [5, 5.41) is 11.1. The normalized spacial score (nSPS) is 10.6. The van der Waals surface area contributed by atoms with Gasteiger partial charge < -0.3 is 9.73 Å². The van der Waals surface area contributed by atoms with Crippen LogP contribution in [-0.4, -0.2) is 22.6 Å². The lowest BCUT2D eigenvalue weighted by molar-refractivity contribution is -0.120. The fourth-order valence-corrected chi connectivity index (χ4v) is 2.38. The van der Waals surface area contributed by atoms with Crippen molar-refractivity contribution in [1.82, 2.24) is 15.5 Å². The molecule has 0 fully saturated rings. The van der Waals surface area contributed by atoms with Crippen LogP contribution in [0.4, 0.5) is 4.39 Å². The van der Waals surface area contributed by atoms with Crippen molar-refractivity contribution < 1.29 is 13.6 Å². The molecule has 0 aliphatic heterocycles. The highest BCUT2D eigenvalue weighted by Gasteiger charge is 2.12. The largest absolute Gasteiger partial charge is 0.421 e. The maximum Gasteiger partial charge on any atom is 0.250 e. The quantitative estimate of drug-likeness (QED) is 0.732. The van der Waals surface area contributed by atoms with Crippen LogP contribution in [0.3, 0.4) is 0 Å². The average molecular weight is 360 g/mol. The number of carbonyl (C=O) groups is 1. The Bertz CT molecular complexity index is 865. The first kappa shape index (κ1) is 17.1. The van der Waals surface area contributed by atoms with E-state index >= 15 is 0 Å². The molecule has 0 bridgehead atoms. The van der Waals surface area contributed by atoms with Gasteiger partial charge in [0, 0.05) is 18.0 Å². The molecule has 0 atom stereocenters. The van der Waals surface area contributed by atoms with E-state index in [0.717, 1.165) is 5.56 Å². The van der Waals surface area contributed by atoms with Crippen molar-refractivity contribution in [2.24, 2.45) is 0 Å². The summed E-state index contributed by atoms with van der Waals surface area (Å²) in [6.07, 6.45) is 0.634. The molecule has 1 N–H and O–H groups in total. The van der Waals surface area contributed by atoms with Gasteiger partial charge in [0.25, 0.3) is 5.89 Å². The topological polar surface area (TPSA) is 68.0 Å². The number of benzene rings is 2. The monoisotopic (exact) mass is 359 g/mol. The first-order valence-electron chi connectivity index (χ1n) is 7.70. The summed E-state index contributed by atoms with van der Waals surface area (Å²) in [4.78, 5) is 11.9. The molecule has 0 unspecified atom stereocenters. The second-order valence-electron chi connectivity index (χ2n) is 5.38. The molecule has 0 saturated carbocycles. The number of hydrogen-bond donors (Lipinski definition) is 1. The van der Waals surface area contributed by atoms with Crippen LogP contribution in [0.1, 0.15) is 11.5 Å². The van der Waals surface area contributed by atoms with Gasteiger partial charge in [-0.15, -0.1) is 10.2 Å². The Morgan fingerprint density at radius 1 is 1.12 bits per heavy atom. The first-order chi connectivity index (χ1) is 12.1. The van der Waals surface area contributed by atoms with Gasteiger partial charge in [0.2, 0.25) is 11.8 Å². The Labute approximate surface area is 148 Å². The predicted octanol–water partition coefficient (Wildman–Crippen LogP) is 3.43. The number of carbonyl (C=O) groups excluding carboxylic acids is 1. The summed E-state index contributed by atoms with van der Waals surface area (Å²) in [6, 6.07) is 13.3.